The van der Waals surface area contributed by atoms with E-state index in [1.165, 1.54) is 99.0 Å². The Hall–Kier alpha value is -3.65. The fourth-order valence-corrected chi connectivity index (χ4v) is 7.35. The van der Waals surface area contributed by atoms with Crippen LogP contribution in [0.1, 0.15) is 238 Å². The molecule has 360 valence electrons. The Balaban J connectivity index is 4.26. The van der Waals surface area contributed by atoms with Gasteiger partial charge in [-0.25, -0.2) is 0 Å². The van der Waals surface area contributed by atoms with Crippen LogP contribution in [0, 0.1) is 0 Å². The van der Waals surface area contributed by atoms with Crippen LogP contribution in [0.15, 0.2) is 140 Å². The highest BCUT2D eigenvalue weighted by Gasteiger charge is 2.02. The molecule has 0 saturated carbocycles. The lowest BCUT2D eigenvalue weighted by molar-refractivity contribution is -0.142. The van der Waals surface area contributed by atoms with E-state index in [1.54, 1.807) is 0 Å². The van der Waals surface area contributed by atoms with Crippen LogP contribution in [0.4, 0.5) is 0 Å². The van der Waals surface area contributed by atoms with E-state index in [0.717, 1.165) is 103 Å². The lowest BCUT2D eigenvalue weighted by Crippen LogP contribution is -2.04. The molecule has 0 fully saturated rings. The van der Waals surface area contributed by atoms with Crippen molar-refractivity contribution in [1.82, 2.24) is 0 Å². The Labute approximate surface area is 398 Å². The molecule has 0 rings (SSSR count). The van der Waals surface area contributed by atoms with Crippen LogP contribution in [-0.4, -0.2) is 12.6 Å². The van der Waals surface area contributed by atoms with Crippen molar-refractivity contribution in [2.75, 3.05) is 6.61 Å². The van der Waals surface area contributed by atoms with Gasteiger partial charge < -0.3 is 4.74 Å². The van der Waals surface area contributed by atoms with Crippen LogP contribution >= 0.6 is 0 Å². The van der Waals surface area contributed by atoms with Gasteiger partial charge in [0.25, 0.3) is 0 Å². The zero-order valence-corrected chi connectivity index (χ0v) is 44.5. The minimum Gasteiger partial charge on any atom is -0.461 e. The Kier molecular flexibility index (Phi) is 37.4. The van der Waals surface area contributed by atoms with Crippen LogP contribution in [0.25, 0.3) is 0 Å². The Morgan fingerprint density at radius 2 is 0.422 bits per heavy atom. The van der Waals surface area contributed by atoms with Gasteiger partial charge in [-0.05, 0) is 238 Å². The topological polar surface area (TPSA) is 26.3 Å². The summed E-state index contributed by atoms with van der Waals surface area (Å²) in [7, 11) is 0. The third-order valence-electron chi connectivity index (χ3n) is 12.0. The first-order valence-corrected chi connectivity index (χ1v) is 25.4. The van der Waals surface area contributed by atoms with Crippen molar-refractivity contribution < 1.29 is 9.53 Å². The maximum atomic E-state index is 12.1. The average Bonchev–Trinajstić information content (AvgIpc) is 3.20. The second-order valence-electron chi connectivity index (χ2n) is 19.7. The first-order chi connectivity index (χ1) is 30.5. The second kappa shape index (κ2) is 39.7. The largest absolute Gasteiger partial charge is 0.461 e. The van der Waals surface area contributed by atoms with E-state index in [4.69, 9.17) is 4.74 Å². The molecule has 0 heterocycles. The SMILES string of the molecule is CC(C)=CCC/C(C)=C\CCC(=O)OC/C=C(\C)CC/C=C(/C)CC/C=C(\C)CC/C=C(/C)CC/C=C(/C)CC/C=C(\C)CC/C=C(\C)CC/C=C(/C)CC/C=C(\C)CCC=C(C)C. The molecule has 0 unspecified atom stereocenters. The van der Waals surface area contributed by atoms with Crippen molar-refractivity contribution >= 4 is 5.97 Å². The molecular formula is C62H100O2. The van der Waals surface area contributed by atoms with Crippen molar-refractivity contribution in [3.63, 3.8) is 0 Å². The normalized spacial score (nSPS) is 14.3. The summed E-state index contributed by atoms with van der Waals surface area (Å²) in [6.45, 7) is 31.6. The number of rotatable bonds is 35. The van der Waals surface area contributed by atoms with E-state index >= 15 is 0 Å². The lowest BCUT2D eigenvalue weighted by atomic mass is 10.0. The third kappa shape index (κ3) is 41.1. The highest BCUT2D eigenvalue weighted by Crippen LogP contribution is 2.18. The minimum atomic E-state index is -0.115. The maximum Gasteiger partial charge on any atom is 0.306 e. The van der Waals surface area contributed by atoms with E-state index in [9.17, 15) is 4.79 Å². The molecule has 2 heteroatoms. The summed E-state index contributed by atoms with van der Waals surface area (Å²) in [6.07, 6.45) is 52.2. The molecule has 0 aromatic carbocycles. The molecule has 0 spiro atoms. The molecule has 0 radical (unpaired) electrons. The van der Waals surface area contributed by atoms with Crippen molar-refractivity contribution in [2.24, 2.45) is 0 Å². The second-order valence-corrected chi connectivity index (χ2v) is 19.7. The fourth-order valence-electron chi connectivity index (χ4n) is 7.35. The van der Waals surface area contributed by atoms with Gasteiger partial charge in [-0.2, -0.15) is 0 Å². The van der Waals surface area contributed by atoms with E-state index in [0.29, 0.717) is 13.0 Å². The van der Waals surface area contributed by atoms with Gasteiger partial charge in [0.15, 0.2) is 0 Å². The Morgan fingerprint density at radius 3 is 0.625 bits per heavy atom. The summed E-state index contributed by atoms with van der Waals surface area (Å²) in [4.78, 5) is 12.1. The van der Waals surface area contributed by atoms with Crippen LogP contribution in [-0.2, 0) is 9.53 Å². The molecule has 64 heavy (non-hydrogen) atoms. The molecule has 0 aliphatic carbocycles. The number of hydrogen-bond acceptors (Lipinski definition) is 2. The van der Waals surface area contributed by atoms with Gasteiger partial charge >= 0.3 is 5.97 Å². The van der Waals surface area contributed by atoms with Gasteiger partial charge in [0, 0.05) is 6.42 Å². The van der Waals surface area contributed by atoms with Gasteiger partial charge in [0.1, 0.15) is 6.61 Å². The molecule has 0 aliphatic rings. The molecule has 0 saturated heterocycles. The predicted octanol–water partition coefficient (Wildman–Crippen LogP) is 20.5. The van der Waals surface area contributed by atoms with Gasteiger partial charge in [-0.3, -0.25) is 4.79 Å². The zero-order valence-electron chi connectivity index (χ0n) is 44.5. The summed E-state index contributed by atoms with van der Waals surface area (Å²) in [5, 5.41) is 0. The summed E-state index contributed by atoms with van der Waals surface area (Å²) in [5.74, 6) is -0.115. The quantitative estimate of drug-likeness (QED) is 0.0468. The zero-order chi connectivity index (χ0) is 48.0. The van der Waals surface area contributed by atoms with Crippen LogP contribution < -0.4 is 0 Å². The van der Waals surface area contributed by atoms with Crippen molar-refractivity contribution in [1.29, 1.82) is 0 Å². The summed E-state index contributed by atoms with van der Waals surface area (Å²) in [6, 6.07) is 0. The Morgan fingerprint density at radius 1 is 0.250 bits per heavy atom. The van der Waals surface area contributed by atoms with Gasteiger partial charge in [0.05, 0.1) is 0 Å². The number of hydrogen-bond donors (Lipinski definition) is 0. The van der Waals surface area contributed by atoms with Crippen LogP contribution in [0.5, 0.6) is 0 Å². The number of allylic oxidation sites excluding steroid dienone is 23. The average molecular weight is 877 g/mol. The van der Waals surface area contributed by atoms with Crippen molar-refractivity contribution in [3.8, 4) is 0 Å². The van der Waals surface area contributed by atoms with Crippen LogP contribution in [0.3, 0.4) is 0 Å². The third-order valence-corrected chi connectivity index (χ3v) is 12.0. The van der Waals surface area contributed by atoms with E-state index in [-0.39, 0.29) is 5.97 Å². The smallest absolute Gasteiger partial charge is 0.306 e. The predicted molar refractivity (Wildman–Crippen MR) is 289 cm³/mol. The molecule has 0 bridgehead atoms. The lowest BCUT2D eigenvalue weighted by Gasteiger charge is -2.04. The van der Waals surface area contributed by atoms with Gasteiger partial charge in [-0.1, -0.05) is 134 Å². The number of esters is 1. The maximum absolute atomic E-state index is 12.1. The van der Waals surface area contributed by atoms with Gasteiger partial charge in [0.2, 0.25) is 0 Å². The molecule has 0 amide bonds. The highest BCUT2D eigenvalue weighted by atomic mass is 16.5. The number of carbonyl (C=O) groups is 1. The monoisotopic (exact) mass is 877 g/mol. The highest BCUT2D eigenvalue weighted by molar-refractivity contribution is 5.69. The first kappa shape index (κ1) is 60.4. The van der Waals surface area contributed by atoms with Crippen molar-refractivity contribution in [2.45, 2.75) is 238 Å². The number of carbonyl (C=O) groups excluding carboxylic acids is 1. The van der Waals surface area contributed by atoms with E-state index < -0.39 is 0 Å². The summed E-state index contributed by atoms with van der Waals surface area (Å²) < 4.78 is 5.44. The summed E-state index contributed by atoms with van der Waals surface area (Å²) in [5.41, 5.74) is 17.5. The fraction of sp³-hybridized carbons (Fsp3) is 0.597. The molecular weight excluding hydrogens is 777 g/mol. The first-order valence-electron chi connectivity index (χ1n) is 25.4. The molecule has 2 nitrogen and oxygen atoms in total. The Bertz CT molecular complexity index is 1690. The number of ether oxygens (including phenoxy) is 1. The molecule has 0 aromatic heterocycles. The van der Waals surface area contributed by atoms with E-state index in [1.807, 2.05) is 0 Å². The summed E-state index contributed by atoms with van der Waals surface area (Å²) >= 11 is 0. The minimum absolute atomic E-state index is 0.115. The molecule has 0 aromatic rings. The molecule has 0 aliphatic heterocycles. The van der Waals surface area contributed by atoms with Crippen LogP contribution in [0.2, 0.25) is 0 Å². The van der Waals surface area contributed by atoms with Gasteiger partial charge in [-0.15, -0.1) is 0 Å². The van der Waals surface area contributed by atoms with Crippen molar-refractivity contribution in [3.05, 3.63) is 140 Å². The van der Waals surface area contributed by atoms with E-state index in [2.05, 4.69) is 170 Å². The standard InChI is InChI=1S/C62H100O2/c1-50(2)26-15-28-52(5)30-17-31-54(7)32-18-33-55(8)34-19-35-56(9)36-20-37-57(10)38-21-39-58(11)40-22-41-59(12)42-23-43-60(13)44-24-45-61(14)48-49-64-62(63)47-25-46-53(6)29-16-27-51(3)4/h26-27,30,32,34,36,38,40,42,44,46,48H,15-25,28-29,31,33,35,37,39,41,43,45,47,49H2,1-14H3/b52-30+,53-46-,54-32-,55-34+,56-36+,57-38-,58-40-,59-42+,60-44-,61-48+. The molecule has 0 N–H and O–H groups in total. The molecule has 0 atom stereocenters.